The molecule has 134 valence electrons. The predicted octanol–water partition coefficient (Wildman–Crippen LogP) is 1.39. The lowest BCUT2D eigenvalue weighted by Gasteiger charge is -2.36. The highest BCUT2D eigenvalue weighted by molar-refractivity contribution is 5.80. The molecule has 0 aromatic carbocycles. The van der Waals surface area contributed by atoms with Crippen LogP contribution in [0, 0.1) is 5.92 Å². The van der Waals surface area contributed by atoms with Crippen LogP contribution in [0.15, 0.2) is 12.3 Å². The summed E-state index contributed by atoms with van der Waals surface area (Å²) in [7, 11) is 0. The quantitative estimate of drug-likeness (QED) is 0.811. The molecule has 0 unspecified atom stereocenters. The molecule has 0 N–H and O–H groups in total. The smallest absolute Gasteiger partial charge is 0.251 e. The van der Waals surface area contributed by atoms with Gasteiger partial charge in [0, 0.05) is 45.5 Å². The zero-order valence-corrected chi connectivity index (χ0v) is 13.9. The first-order valence-corrected chi connectivity index (χ1v) is 8.52. The van der Waals surface area contributed by atoms with Gasteiger partial charge in [-0.05, 0) is 19.4 Å². The van der Waals surface area contributed by atoms with Gasteiger partial charge in [0.15, 0.2) is 0 Å². The van der Waals surface area contributed by atoms with Crippen molar-refractivity contribution < 1.29 is 18.3 Å². The molecule has 24 heavy (non-hydrogen) atoms. The predicted molar refractivity (Wildman–Crippen MR) is 83.7 cm³/mol. The molecule has 1 aromatic heterocycles. The van der Waals surface area contributed by atoms with Crippen molar-refractivity contribution in [3.63, 3.8) is 0 Å². The van der Waals surface area contributed by atoms with Gasteiger partial charge < -0.3 is 9.64 Å². The lowest BCUT2D eigenvalue weighted by Crippen LogP contribution is -2.51. The minimum absolute atomic E-state index is 0.0676. The monoisotopic (exact) mass is 342 g/mol. The molecule has 0 saturated carbocycles. The van der Waals surface area contributed by atoms with Crippen molar-refractivity contribution in [2.24, 2.45) is 5.92 Å². The minimum Gasteiger partial charge on any atom is -0.371 e. The van der Waals surface area contributed by atoms with Crippen LogP contribution in [0.25, 0.3) is 0 Å². The number of aryl methyl sites for hydroxylation is 1. The highest BCUT2D eigenvalue weighted by atomic mass is 19.3. The zero-order valence-electron chi connectivity index (χ0n) is 13.9. The van der Waals surface area contributed by atoms with Crippen molar-refractivity contribution in [2.75, 3.05) is 39.3 Å². The molecule has 2 saturated heterocycles. The molecule has 1 aromatic rings. The van der Waals surface area contributed by atoms with E-state index in [4.69, 9.17) is 4.74 Å². The number of hydrogen-bond donors (Lipinski definition) is 0. The van der Waals surface area contributed by atoms with E-state index in [1.807, 2.05) is 17.7 Å². The van der Waals surface area contributed by atoms with Crippen LogP contribution >= 0.6 is 0 Å². The first-order chi connectivity index (χ1) is 11.6. The third-order valence-electron chi connectivity index (χ3n) is 4.83. The van der Waals surface area contributed by atoms with Crippen LogP contribution in [-0.2, 0) is 16.1 Å². The van der Waals surface area contributed by atoms with Crippen LogP contribution in [-0.4, -0.2) is 71.2 Å². The SMILES string of the molecule is CCn1nccc1[C@H]1OCC[C@@H]1C(=O)N1CCN(CC(F)F)CC1. The third kappa shape index (κ3) is 3.59. The van der Waals surface area contributed by atoms with E-state index in [0.717, 1.165) is 12.2 Å². The molecule has 0 spiro atoms. The second-order valence-electron chi connectivity index (χ2n) is 6.28. The molecule has 2 fully saturated rings. The van der Waals surface area contributed by atoms with Crippen LogP contribution in [0.3, 0.4) is 0 Å². The lowest BCUT2D eigenvalue weighted by molar-refractivity contribution is -0.139. The summed E-state index contributed by atoms with van der Waals surface area (Å²) in [6.45, 7) is 5.08. The van der Waals surface area contributed by atoms with E-state index in [1.54, 1.807) is 16.0 Å². The second-order valence-corrected chi connectivity index (χ2v) is 6.28. The Morgan fingerprint density at radius 1 is 1.38 bits per heavy atom. The van der Waals surface area contributed by atoms with Gasteiger partial charge in [-0.2, -0.15) is 5.10 Å². The number of rotatable bonds is 5. The third-order valence-corrected chi connectivity index (χ3v) is 4.83. The number of ether oxygens (including phenoxy) is 1. The van der Waals surface area contributed by atoms with Crippen molar-refractivity contribution in [2.45, 2.75) is 32.4 Å². The Bertz CT molecular complexity index is 558. The maximum absolute atomic E-state index is 12.9. The molecule has 0 radical (unpaired) electrons. The molecule has 2 aliphatic heterocycles. The summed E-state index contributed by atoms with van der Waals surface area (Å²) in [5, 5.41) is 4.26. The molecule has 3 rings (SSSR count). The van der Waals surface area contributed by atoms with Crippen LogP contribution in [0.4, 0.5) is 8.78 Å². The molecule has 1 amide bonds. The molecule has 0 aliphatic carbocycles. The van der Waals surface area contributed by atoms with Gasteiger partial charge in [-0.1, -0.05) is 0 Å². The van der Waals surface area contributed by atoms with E-state index in [-0.39, 0.29) is 24.5 Å². The average Bonchev–Trinajstić information content (AvgIpc) is 3.22. The van der Waals surface area contributed by atoms with Crippen LogP contribution in [0.2, 0.25) is 0 Å². The standard InChI is InChI=1S/C16H24F2N4O2/c1-2-22-13(3-5-19-22)15-12(4-10-24-15)16(23)21-8-6-20(7-9-21)11-14(17)18/h3,5,12,14-15H,2,4,6-11H2,1H3/t12-,15-/m0/s1. The van der Waals surface area contributed by atoms with Crippen molar-refractivity contribution in [1.29, 1.82) is 0 Å². The minimum atomic E-state index is -2.32. The maximum atomic E-state index is 12.9. The molecule has 2 atom stereocenters. The molecular weight excluding hydrogens is 318 g/mol. The van der Waals surface area contributed by atoms with Gasteiger partial charge in [0.05, 0.1) is 18.2 Å². The maximum Gasteiger partial charge on any atom is 0.251 e. The Morgan fingerprint density at radius 3 is 2.79 bits per heavy atom. The summed E-state index contributed by atoms with van der Waals surface area (Å²) in [6.07, 6.45) is -0.172. The van der Waals surface area contributed by atoms with Gasteiger partial charge >= 0.3 is 0 Å². The lowest BCUT2D eigenvalue weighted by atomic mass is 9.96. The summed E-state index contributed by atoms with van der Waals surface area (Å²) in [5.74, 6) is -0.147. The molecule has 8 heteroatoms. The fraction of sp³-hybridized carbons (Fsp3) is 0.750. The van der Waals surface area contributed by atoms with E-state index < -0.39 is 6.43 Å². The topological polar surface area (TPSA) is 50.6 Å². The Balaban J connectivity index is 1.62. The molecule has 0 bridgehead atoms. The average molecular weight is 342 g/mol. The Kier molecular flexibility index (Phi) is 5.45. The molecule has 6 nitrogen and oxygen atoms in total. The first-order valence-electron chi connectivity index (χ1n) is 8.52. The number of halogens is 2. The number of alkyl halides is 2. The Labute approximate surface area is 140 Å². The summed E-state index contributed by atoms with van der Waals surface area (Å²) >= 11 is 0. The van der Waals surface area contributed by atoms with Gasteiger partial charge in [-0.15, -0.1) is 0 Å². The number of amides is 1. The zero-order chi connectivity index (χ0) is 17.1. The van der Waals surface area contributed by atoms with E-state index in [9.17, 15) is 13.6 Å². The fourth-order valence-electron chi connectivity index (χ4n) is 3.56. The van der Waals surface area contributed by atoms with Crippen molar-refractivity contribution in [3.05, 3.63) is 18.0 Å². The normalized spacial score (nSPS) is 25.6. The Morgan fingerprint density at radius 2 is 2.12 bits per heavy atom. The summed E-state index contributed by atoms with van der Waals surface area (Å²) in [5.41, 5.74) is 0.935. The van der Waals surface area contributed by atoms with Gasteiger partial charge in [0.25, 0.3) is 6.43 Å². The largest absolute Gasteiger partial charge is 0.371 e. The number of carbonyl (C=O) groups excluding carboxylic acids is 1. The Hall–Kier alpha value is -1.54. The van der Waals surface area contributed by atoms with Crippen molar-refractivity contribution in [3.8, 4) is 0 Å². The van der Waals surface area contributed by atoms with E-state index in [0.29, 0.717) is 39.2 Å². The van der Waals surface area contributed by atoms with E-state index in [2.05, 4.69) is 5.10 Å². The van der Waals surface area contributed by atoms with Crippen LogP contribution in [0.1, 0.15) is 25.1 Å². The van der Waals surface area contributed by atoms with Gasteiger partial charge in [-0.25, -0.2) is 8.78 Å². The number of piperazine rings is 1. The van der Waals surface area contributed by atoms with Gasteiger partial charge in [0.1, 0.15) is 6.10 Å². The van der Waals surface area contributed by atoms with Gasteiger partial charge in [0.2, 0.25) is 5.91 Å². The van der Waals surface area contributed by atoms with E-state index in [1.165, 1.54) is 0 Å². The molecule has 2 aliphatic rings. The summed E-state index contributed by atoms with van der Waals surface area (Å²) in [6, 6.07) is 1.90. The highest BCUT2D eigenvalue weighted by Crippen LogP contribution is 2.35. The van der Waals surface area contributed by atoms with Crippen LogP contribution in [0.5, 0.6) is 0 Å². The number of nitrogens with zero attached hydrogens (tertiary/aromatic N) is 4. The second kappa shape index (κ2) is 7.57. The molecular formula is C16H24F2N4O2. The number of carbonyl (C=O) groups is 1. The van der Waals surface area contributed by atoms with Crippen molar-refractivity contribution in [1.82, 2.24) is 19.6 Å². The summed E-state index contributed by atoms with van der Waals surface area (Å²) in [4.78, 5) is 16.4. The number of hydrogen-bond acceptors (Lipinski definition) is 4. The van der Waals surface area contributed by atoms with Crippen molar-refractivity contribution >= 4 is 5.91 Å². The summed E-state index contributed by atoms with van der Waals surface area (Å²) < 4.78 is 32.6. The fourth-order valence-corrected chi connectivity index (χ4v) is 3.56. The number of aromatic nitrogens is 2. The highest BCUT2D eigenvalue weighted by Gasteiger charge is 2.39. The van der Waals surface area contributed by atoms with E-state index >= 15 is 0 Å². The molecule has 3 heterocycles. The first kappa shape index (κ1) is 17.3. The van der Waals surface area contributed by atoms with Crippen LogP contribution < -0.4 is 0 Å². The van der Waals surface area contributed by atoms with Gasteiger partial charge in [-0.3, -0.25) is 14.4 Å².